The molecule has 2 rings (SSSR count). The number of hydrogen-bond acceptors (Lipinski definition) is 6. The van der Waals surface area contributed by atoms with Crippen molar-refractivity contribution in [2.24, 2.45) is 11.8 Å². The average molecular weight is 311 g/mol. The molecule has 7 heteroatoms. The van der Waals surface area contributed by atoms with Gasteiger partial charge in [-0.05, 0) is 0 Å². The van der Waals surface area contributed by atoms with Crippen LogP contribution in [0.5, 0.6) is 0 Å². The van der Waals surface area contributed by atoms with Gasteiger partial charge in [0.1, 0.15) is 23.4 Å². The number of carbonyl (C=O) groups excluding carboxylic acids is 4. The zero-order chi connectivity index (χ0) is 15.1. The van der Waals surface area contributed by atoms with Gasteiger partial charge < -0.3 is 9.47 Å². The number of hydrogen-bond donors (Lipinski definition) is 0. The topological polar surface area (TPSA) is 86.7 Å². The van der Waals surface area contributed by atoms with Gasteiger partial charge in [0, 0.05) is 34.1 Å². The second kappa shape index (κ2) is 11.0. The summed E-state index contributed by atoms with van der Waals surface area (Å²) in [5.41, 5.74) is 0. The standard InChI is InChI=1S/2C7H10O3.CH4.B/c2*1-2-6(8)5-3-4-10-7(5)9;;/h2*5H,2-4H2,1H3;1H4;. The van der Waals surface area contributed by atoms with Crippen molar-refractivity contribution in [1.82, 2.24) is 0 Å². The number of ether oxygens (including phenoxy) is 2. The second-order valence-electron chi connectivity index (χ2n) is 4.66. The predicted octanol–water partition coefficient (Wildman–Crippen LogP) is 1.31. The van der Waals surface area contributed by atoms with E-state index in [1.165, 1.54) is 0 Å². The van der Waals surface area contributed by atoms with Crippen molar-refractivity contribution >= 4 is 31.9 Å². The van der Waals surface area contributed by atoms with Crippen molar-refractivity contribution in [3.05, 3.63) is 0 Å². The van der Waals surface area contributed by atoms with E-state index in [4.69, 9.17) is 0 Å². The SMILES string of the molecule is C.CCC(=O)C1CCOC1=O.CCC(=O)C1CCOC1=O.[B]. The maximum Gasteiger partial charge on any atom is 0.316 e. The molecule has 0 saturated carbocycles. The first kappa shape index (κ1) is 22.6. The van der Waals surface area contributed by atoms with E-state index in [1.807, 2.05) is 0 Å². The van der Waals surface area contributed by atoms with Gasteiger partial charge in [0.25, 0.3) is 0 Å². The number of carbonyl (C=O) groups is 4. The second-order valence-corrected chi connectivity index (χ2v) is 4.66. The Labute approximate surface area is 133 Å². The van der Waals surface area contributed by atoms with Crippen molar-refractivity contribution in [3.8, 4) is 0 Å². The molecule has 2 aliphatic heterocycles. The fourth-order valence-electron chi connectivity index (χ4n) is 2.07. The Morgan fingerprint density at radius 2 is 1.23 bits per heavy atom. The average Bonchev–Trinajstić information content (AvgIpc) is 3.06. The van der Waals surface area contributed by atoms with Gasteiger partial charge in [0.05, 0.1) is 13.2 Å². The molecule has 6 nitrogen and oxygen atoms in total. The number of cyclic esters (lactones) is 2. The molecule has 0 aromatic heterocycles. The molecule has 2 heterocycles. The predicted molar refractivity (Wildman–Crippen MR) is 81.2 cm³/mol. The first-order valence-corrected chi connectivity index (χ1v) is 6.89. The lowest BCUT2D eigenvalue weighted by Gasteiger charge is -1.99. The number of ketones is 2. The highest BCUT2D eigenvalue weighted by atomic mass is 16.5. The normalized spacial score (nSPS) is 22.3. The van der Waals surface area contributed by atoms with Crippen molar-refractivity contribution in [3.63, 3.8) is 0 Å². The maximum atomic E-state index is 10.9. The first-order chi connectivity index (χ1) is 9.51. The van der Waals surface area contributed by atoms with Crippen LogP contribution in [0.15, 0.2) is 0 Å². The summed E-state index contributed by atoms with van der Waals surface area (Å²) >= 11 is 0. The Balaban J connectivity index is 0. The summed E-state index contributed by atoms with van der Waals surface area (Å²) in [5, 5.41) is 0. The molecule has 123 valence electrons. The van der Waals surface area contributed by atoms with Crippen LogP contribution in [0.1, 0.15) is 47.0 Å². The molecular weight excluding hydrogens is 287 g/mol. The minimum Gasteiger partial charge on any atom is -0.465 e. The third-order valence-corrected chi connectivity index (χ3v) is 3.34. The lowest BCUT2D eigenvalue weighted by atomic mass is 10.0. The van der Waals surface area contributed by atoms with Gasteiger partial charge in [-0.1, -0.05) is 21.3 Å². The van der Waals surface area contributed by atoms with Crippen molar-refractivity contribution < 1.29 is 28.7 Å². The molecule has 0 aliphatic carbocycles. The molecule has 0 spiro atoms. The minimum absolute atomic E-state index is 0. The molecule has 2 atom stereocenters. The molecule has 2 saturated heterocycles. The largest absolute Gasteiger partial charge is 0.465 e. The van der Waals surface area contributed by atoms with Crippen LogP contribution in [0.4, 0.5) is 0 Å². The molecule has 0 aromatic carbocycles. The van der Waals surface area contributed by atoms with Crippen LogP contribution in [0, 0.1) is 11.8 Å². The summed E-state index contributed by atoms with van der Waals surface area (Å²) in [6.45, 7) is 4.34. The molecular formula is C15H24BO6. The molecule has 0 N–H and O–H groups in total. The van der Waals surface area contributed by atoms with Gasteiger partial charge in [-0.2, -0.15) is 0 Å². The Morgan fingerprint density at radius 1 is 0.909 bits per heavy atom. The number of esters is 2. The zero-order valence-electron chi connectivity index (χ0n) is 12.4. The molecule has 0 bridgehead atoms. The van der Waals surface area contributed by atoms with Crippen LogP contribution >= 0.6 is 0 Å². The van der Waals surface area contributed by atoms with Gasteiger partial charge in [-0.3, -0.25) is 19.2 Å². The maximum absolute atomic E-state index is 10.9. The Bertz CT molecular complexity index is 369. The van der Waals surface area contributed by atoms with Crippen molar-refractivity contribution in [2.45, 2.75) is 47.0 Å². The van der Waals surface area contributed by atoms with E-state index < -0.39 is 11.8 Å². The highest BCUT2D eigenvalue weighted by molar-refractivity contribution is 6.00. The summed E-state index contributed by atoms with van der Waals surface area (Å²) in [7, 11) is 0. The highest BCUT2D eigenvalue weighted by Crippen LogP contribution is 2.16. The van der Waals surface area contributed by atoms with Crippen LogP contribution in [-0.4, -0.2) is 45.1 Å². The van der Waals surface area contributed by atoms with Gasteiger partial charge in [-0.25, -0.2) is 0 Å². The molecule has 2 unspecified atom stereocenters. The summed E-state index contributed by atoms with van der Waals surface area (Å²) in [5.74, 6) is -1.58. The third kappa shape index (κ3) is 5.99. The van der Waals surface area contributed by atoms with E-state index in [9.17, 15) is 19.2 Å². The van der Waals surface area contributed by atoms with Gasteiger partial charge in [0.2, 0.25) is 0 Å². The molecule has 22 heavy (non-hydrogen) atoms. The van der Waals surface area contributed by atoms with Crippen LogP contribution < -0.4 is 0 Å². The van der Waals surface area contributed by atoms with E-state index in [2.05, 4.69) is 9.47 Å². The quantitative estimate of drug-likeness (QED) is 0.442. The minimum atomic E-state index is -0.454. The fraction of sp³-hybridized carbons (Fsp3) is 0.733. The van der Waals surface area contributed by atoms with E-state index in [0.29, 0.717) is 38.9 Å². The molecule has 2 aliphatic rings. The van der Waals surface area contributed by atoms with Crippen LogP contribution in [0.25, 0.3) is 0 Å². The molecule has 3 radical (unpaired) electrons. The van der Waals surface area contributed by atoms with Crippen LogP contribution in [0.3, 0.4) is 0 Å². The van der Waals surface area contributed by atoms with E-state index in [-0.39, 0.29) is 39.3 Å². The number of Topliss-reactive ketones (excluding diaryl/α,β-unsaturated/α-hetero) is 2. The van der Waals surface area contributed by atoms with Gasteiger partial charge in [0.15, 0.2) is 0 Å². The lowest BCUT2D eigenvalue weighted by molar-refractivity contribution is -0.146. The lowest BCUT2D eigenvalue weighted by Crippen LogP contribution is -2.17. The van der Waals surface area contributed by atoms with E-state index in [1.54, 1.807) is 13.8 Å². The monoisotopic (exact) mass is 311 g/mol. The summed E-state index contributed by atoms with van der Waals surface area (Å²) in [6.07, 6.45) is 2.01. The number of rotatable bonds is 4. The molecule has 2 fully saturated rings. The van der Waals surface area contributed by atoms with Crippen LogP contribution in [-0.2, 0) is 28.7 Å². The Hall–Kier alpha value is -1.66. The molecule has 0 aromatic rings. The fourth-order valence-corrected chi connectivity index (χ4v) is 2.07. The van der Waals surface area contributed by atoms with E-state index >= 15 is 0 Å². The smallest absolute Gasteiger partial charge is 0.316 e. The first-order valence-electron chi connectivity index (χ1n) is 6.89. The van der Waals surface area contributed by atoms with Crippen LogP contribution in [0.2, 0.25) is 0 Å². The van der Waals surface area contributed by atoms with Crippen molar-refractivity contribution in [2.75, 3.05) is 13.2 Å². The zero-order valence-corrected chi connectivity index (χ0v) is 12.4. The molecule has 0 amide bonds. The summed E-state index contributed by atoms with van der Waals surface area (Å²) in [4.78, 5) is 43.3. The highest BCUT2D eigenvalue weighted by Gasteiger charge is 2.32. The Kier molecular flexibility index (Phi) is 11.3. The van der Waals surface area contributed by atoms with Gasteiger partial charge in [-0.15, -0.1) is 0 Å². The van der Waals surface area contributed by atoms with E-state index in [0.717, 1.165) is 0 Å². The summed E-state index contributed by atoms with van der Waals surface area (Å²) < 4.78 is 9.26. The third-order valence-electron chi connectivity index (χ3n) is 3.34. The van der Waals surface area contributed by atoms with Gasteiger partial charge >= 0.3 is 11.9 Å². The van der Waals surface area contributed by atoms with Crippen molar-refractivity contribution in [1.29, 1.82) is 0 Å². The summed E-state index contributed by atoms with van der Waals surface area (Å²) in [6, 6.07) is 0. The Morgan fingerprint density at radius 3 is 1.41 bits per heavy atom.